The van der Waals surface area contributed by atoms with Crippen molar-refractivity contribution in [1.82, 2.24) is 9.66 Å². The molecule has 0 radical (unpaired) electrons. The largest absolute Gasteiger partial charge is 0.398 e. The number of aromatic nitrogens is 2. The number of anilines is 1. The first-order valence-corrected chi connectivity index (χ1v) is 7.77. The van der Waals surface area contributed by atoms with Crippen LogP contribution < -0.4 is 5.73 Å². The number of nitrogens with zero attached hydrogens (tertiary/aromatic N) is 3. The van der Waals surface area contributed by atoms with Crippen LogP contribution in [0.2, 0.25) is 5.02 Å². The maximum Gasteiger partial charge on any atom is 0.134 e. The summed E-state index contributed by atoms with van der Waals surface area (Å²) in [6.07, 6.45) is 2.64. The minimum absolute atomic E-state index is 0.682. The fraction of sp³-hybridized carbons (Fsp3) is 0.111. The van der Waals surface area contributed by atoms with Crippen molar-refractivity contribution in [3.8, 4) is 0 Å². The molecule has 1 aliphatic rings. The van der Waals surface area contributed by atoms with Crippen molar-refractivity contribution in [2.75, 3.05) is 5.73 Å². The number of imidazole rings is 1. The summed E-state index contributed by atoms with van der Waals surface area (Å²) in [4.78, 5) is 4.57. The molecule has 0 amide bonds. The topological polar surface area (TPSA) is 56.2 Å². The summed E-state index contributed by atoms with van der Waals surface area (Å²) in [7, 11) is 0. The van der Waals surface area contributed by atoms with Gasteiger partial charge >= 0.3 is 0 Å². The Kier molecular flexibility index (Phi) is 3.20. The average molecular weight is 323 g/mol. The molecule has 2 N–H and O–H groups in total. The zero-order valence-corrected chi connectivity index (χ0v) is 13.4. The van der Waals surface area contributed by atoms with E-state index >= 15 is 0 Å². The highest BCUT2D eigenvalue weighted by Crippen LogP contribution is 2.27. The maximum atomic E-state index is 6.22. The number of nitrogens with two attached hydrogens (primary N) is 1. The molecule has 2 heterocycles. The van der Waals surface area contributed by atoms with Gasteiger partial charge in [0, 0.05) is 28.3 Å². The molecule has 1 aromatic heterocycles. The molecule has 0 fully saturated rings. The number of nitrogen functional groups attached to an aromatic ring is 1. The monoisotopic (exact) mass is 322 g/mol. The Morgan fingerprint density at radius 2 is 1.96 bits per heavy atom. The van der Waals surface area contributed by atoms with E-state index in [-0.39, 0.29) is 0 Å². The number of benzene rings is 2. The molecular weight excluding hydrogens is 308 g/mol. The van der Waals surface area contributed by atoms with Crippen molar-refractivity contribution in [2.45, 2.75) is 13.3 Å². The smallest absolute Gasteiger partial charge is 0.134 e. The molecule has 0 atom stereocenters. The van der Waals surface area contributed by atoms with Crippen molar-refractivity contribution in [1.29, 1.82) is 0 Å². The quantitative estimate of drug-likeness (QED) is 0.544. The van der Waals surface area contributed by atoms with Crippen LogP contribution in [0.1, 0.15) is 28.2 Å². The summed E-state index contributed by atoms with van der Waals surface area (Å²) in [6.45, 7) is 1.97. The number of hydrogen-bond acceptors (Lipinski definition) is 3. The van der Waals surface area contributed by atoms with Crippen molar-refractivity contribution in [3.63, 3.8) is 0 Å². The Bertz CT molecular complexity index is 940. The average Bonchev–Trinajstić information content (AvgIpc) is 2.80. The van der Waals surface area contributed by atoms with Gasteiger partial charge in [0.25, 0.3) is 0 Å². The summed E-state index contributed by atoms with van der Waals surface area (Å²) < 4.78 is 1.84. The normalized spacial score (nSPS) is 13.0. The Hall–Kier alpha value is -2.59. The maximum absolute atomic E-state index is 6.22. The molecule has 0 saturated heterocycles. The van der Waals surface area contributed by atoms with Gasteiger partial charge in [-0.05, 0) is 30.7 Å². The molecule has 0 saturated carbocycles. The second kappa shape index (κ2) is 5.25. The van der Waals surface area contributed by atoms with Crippen molar-refractivity contribution in [2.24, 2.45) is 5.10 Å². The highest BCUT2D eigenvalue weighted by atomic mass is 35.5. The first-order chi connectivity index (χ1) is 11.1. The van der Waals surface area contributed by atoms with Gasteiger partial charge in [-0.3, -0.25) is 0 Å². The van der Waals surface area contributed by atoms with E-state index in [4.69, 9.17) is 22.4 Å². The van der Waals surface area contributed by atoms with Gasteiger partial charge in [0.15, 0.2) is 0 Å². The molecule has 2 aromatic carbocycles. The van der Waals surface area contributed by atoms with Crippen LogP contribution in [0.4, 0.5) is 5.69 Å². The van der Waals surface area contributed by atoms with Gasteiger partial charge in [0.05, 0.1) is 11.9 Å². The summed E-state index contributed by atoms with van der Waals surface area (Å²) >= 11 is 6.22. The van der Waals surface area contributed by atoms with Crippen molar-refractivity contribution in [3.05, 3.63) is 81.9 Å². The van der Waals surface area contributed by atoms with Crippen LogP contribution >= 0.6 is 11.6 Å². The van der Waals surface area contributed by atoms with E-state index in [1.807, 2.05) is 60.3 Å². The number of fused-ring (bicyclic) bond motifs is 2. The van der Waals surface area contributed by atoms with Crippen LogP contribution in [0.25, 0.3) is 0 Å². The van der Waals surface area contributed by atoms with Crippen LogP contribution in [-0.2, 0) is 6.42 Å². The van der Waals surface area contributed by atoms with Gasteiger partial charge in [-0.25, -0.2) is 9.66 Å². The van der Waals surface area contributed by atoms with Gasteiger partial charge in [-0.2, -0.15) is 5.10 Å². The number of para-hydroxylation sites is 1. The SMILES string of the molecule is Cc1cn2c(n1)Cc1ccc(Cl)cc1C(c1ccccc1N)=N2. The molecule has 4 rings (SSSR count). The third-order valence-corrected chi connectivity index (χ3v) is 4.21. The highest BCUT2D eigenvalue weighted by Gasteiger charge is 2.21. The summed E-state index contributed by atoms with van der Waals surface area (Å²) in [6, 6.07) is 13.6. The van der Waals surface area contributed by atoms with Crippen LogP contribution in [0, 0.1) is 6.92 Å². The molecule has 114 valence electrons. The number of rotatable bonds is 1. The number of hydrogen-bond donors (Lipinski definition) is 1. The second-order valence-corrected chi connectivity index (χ2v) is 6.09. The summed E-state index contributed by atoms with van der Waals surface area (Å²) in [5, 5.41) is 5.49. The number of aryl methyl sites for hydroxylation is 1. The predicted octanol–water partition coefficient (Wildman–Crippen LogP) is 3.63. The zero-order chi connectivity index (χ0) is 16.0. The first-order valence-electron chi connectivity index (χ1n) is 7.39. The van der Waals surface area contributed by atoms with E-state index in [1.165, 1.54) is 0 Å². The predicted molar refractivity (Wildman–Crippen MR) is 93.1 cm³/mol. The fourth-order valence-corrected chi connectivity index (χ4v) is 3.08. The molecular formula is C18H15ClN4. The van der Waals surface area contributed by atoms with Crippen LogP contribution in [0.15, 0.2) is 53.8 Å². The van der Waals surface area contributed by atoms with E-state index in [0.717, 1.165) is 33.9 Å². The Labute approximate surface area is 139 Å². The first kappa shape index (κ1) is 14.0. The van der Waals surface area contributed by atoms with E-state index < -0.39 is 0 Å². The Morgan fingerprint density at radius 3 is 2.78 bits per heavy atom. The van der Waals surface area contributed by atoms with Crippen LogP contribution in [0.5, 0.6) is 0 Å². The zero-order valence-electron chi connectivity index (χ0n) is 12.6. The number of halogens is 1. The summed E-state index contributed by atoms with van der Waals surface area (Å²) in [5.41, 5.74) is 11.7. The second-order valence-electron chi connectivity index (χ2n) is 5.66. The van der Waals surface area contributed by atoms with Crippen LogP contribution in [0.3, 0.4) is 0 Å². The molecule has 1 aliphatic heterocycles. The third kappa shape index (κ3) is 2.41. The van der Waals surface area contributed by atoms with Crippen molar-refractivity contribution >= 4 is 23.0 Å². The molecule has 23 heavy (non-hydrogen) atoms. The van der Waals surface area contributed by atoms with E-state index in [2.05, 4.69) is 4.98 Å². The molecule has 0 bridgehead atoms. The lowest BCUT2D eigenvalue weighted by atomic mass is 9.95. The van der Waals surface area contributed by atoms with Gasteiger partial charge < -0.3 is 5.73 Å². The van der Waals surface area contributed by atoms with E-state index in [9.17, 15) is 0 Å². The molecule has 4 nitrogen and oxygen atoms in total. The molecule has 0 spiro atoms. The standard InChI is InChI=1S/C18H15ClN4/c1-11-10-23-17(21-11)8-12-6-7-13(19)9-15(12)18(22-23)14-4-2-3-5-16(14)20/h2-7,9-10H,8,20H2,1H3. The van der Waals surface area contributed by atoms with Crippen molar-refractivity contribution < 1.29 is 0 Å². The molecule has 5 heteroatoms. The Morgan fingerprint density at radius 1 is 1.13 bits per heavy atom. The molecule has 0 unspecified atom stereocenters. The van der Waals surface area contributed by atoms with Crippen LogP contribution in [-0.4, -0.2) is 15.4 Å². The lowest BCUT2D eigenvalue weighted by molar-refractivity contribution is 0.806. The highest BCUT2D eigenvalue weighted by molar-refractivity contribution is 6.31. The van der Waals surface area contributed by atoms with Gasteiger partial charge in [-0.1, -0.05) is 35.9 Å². The lowest BCUT2D eigenvalue weighted by Gasteiger charge is -2.11. The van der Waals surface area contributed by atoms with E-state index in [1.54, 1.807) is 0 Å². The minimum Gasteiger partial charge on any atom is -0.398 e. The molecule has 3 aromatic rings. The Balaban J connectivity index is 2.03. The fourth-order valence-electron chi connectivity index (χ4n) is 2.91. The van der Waals surface area contributed by atoms with Gasteiger partial charge in [-0.15, -0.1) is 0 Å². The van der Waals surface area contributed by atoms with E-state index in [0.29, 0.717) is 17.1 Å². The third-order valence-electron chi connectivity index (χ3n) is 3.98. The summed E-state index contributed by atoms with van der Waals surface area (Å²) in [5.74, 6) is 0.913. The van der Waals surface area contributed by atoms with Gasteiger partial charge in [0.2, 0.25) is 0 Å². The van der Waals surface area contributed by atoms with Gasteiger partial charge in [0.1, 0.15) is 11.5 Å². The lowest BCUT2D eigenvalue weighted by Crippen LogP contribution is -2.09. The molecule has 0 aliphatic carbocycles. The minimum atomic E-state index is 0.682.